The van der Waals surface area contributed by atoms with Crippen molar-refractivity contribution in [3.05, 3.63) is 29.3 Å². The maximum Gasteiger partial charge on any atom is 0.306 e. The monoisotopic (exact) mass is 375 g/mol. The largest absolute Gasteiger partial charge is 0.483 e. The Morgan fingerprint density at radius 2 is 1.67 bits per heavy atom. The Kier molecular flexibility index (Phi) is 6.23. The van der Waals surface area contributed by atoms with Crippen LogP contribution in [0.2, 0.25) is 0 Å². The lowest BCUT2D eigenvalue weighted by atomic mass is 9.80. The van der Waals surface area contributed by atoms with Crippen molar-refractivity contribution in [3.8, 4) is 5.75 Å². The van der Waals surface area contributed by atoms with E-state index in [0.717, 1.165) is 11.3 Å². The summed E-state index contributed by atoms with van der Waals surface area (Å²) in [7, 11) is 0. The Balaban J connectivity index is 2.07. The van der Waals surface area contributed by atoms with E-state index in [1.54, 1.807) is 4.90 Å². The quantitative estimate of drug-likeness (QED) is 0.864. The van der Waals surface area contributed by atoms with Crippen molar-refractivity contribution in [2.24, 2.45) is 5.92 Å². The zero-order valence-corrected chi connectivity index (χ0v) is 17.5. The molecule has 1 heterocycles. The molecule has 0 aromatic heterocycles. The van der Waals surface area contributed by atoms with Gasteiger partial charge in [0.25, 0.3) is 5.91 Å². The number of aliphatic carboxylic acids is 1. The van der Waals surface area contributed by atoms with Crippen LogP contribution in [0.3, 0.4) is 0 Å². The van der Waals surface area contributed by atoms with Gasteiger partial charge in [0.1, 0.15) is 5.75 Å². The normalized spacial score (nSPS) is 16.3. The smallest absolute Gasteiger partial charge is 0.306 e. The average molecular weight is 376 g/mol. The van der Waals surface area contributed by atoms with Crippen LogP contribution in [0.5, 0.6) is 5.75 Å². The fourth-order valence-electron chi connectivity index (χ4n) is 3.32. The molecule has 0 atom stereocenters. The summed E-state index contributed by atoms with van der Waals surface area (Å²) in [5.41, 5.74) is 2.27. The third kappa shape index (κ3) is 5.47. The van der Waals surface area contributed by atoms with E-state index in [0.29, 0.717) is 25.9 Å². The summed E-state index contributed by atoms with van der Waals surface area (Å²) in [4.78, 5) is 25.2. The van der Waals surface area contributed by atoms with Gasteiger partial charge >= 0.3 is 5.97 Å². The summed E-state index contributed by atoms with van der Waals surface area (Å²) in [5, 5.41) is 9.07. The Bertz CT molecular complexity index is 689. The predicted molar refractivity (Wildman–Crippen MR) is 106 cm³/mol. The molecule has 150 valence electrons. The number of carbonyl (C=O) groups excluding carboxylic acids is 1. The molecule has 0 spiro atoms. The molecular weight excluding hydrogens is 342 g/mol. The molecule has 0 unspecified atom stereocenters. The molecule has 27 heavy (non-hydrogen) atoms. The van der Waals surface area contributed by atoms with Gasteiger partial charge < -0.3 is 14.7 Å². The van der Waals surface area contributed by atoms with E-state index in [1.807, 2.05) is 6.07 Å². The molecule has 0 bridgehead atoms. The fraction of sp³-hybridized carbons (Fsp3) is 0.636. The highest BCUT2D eigenvalue weighted by Crippen LogP contribution is 2.35. The van der Waals surface area contributed by atoms with Crippen molar-refractivity contribution >= 4 is 11.9 Å². The number of carbonyl (C=O) groups is 2. The molecule has 1 aliphatic heterocycles. The van der Waals surface area contributed by atoms with Crippen molar-refractivity contribution in [1.29, 1.82) is 0 Å². The van der Waals surface area contributed by atoms with Gasteiger partial charge in [-0.1, -0.05) is 53.7 Å². The second-order valence-electron chi connectivity index (χ2n) is 9.49. The third-order valence-electron chi connectivity index (χ3n) is 5.20. The van der Waals surface area contributed by atoms with Gasteiger partial charge in [0, 0.05) is 13.1 Å². The predicted octanol–water partition coefficient (Wildman–Crippen LogP) is 3.98. The van der Waals surface area contributed by atoms with Gasteiger partial charge in [-0.05, 0) is 40.9 Å². The van der Waals surface area contributed by atoms with E-state index < -0.39 is 5.97 Å². The van der Waals surface area contributed by atoms with Gasteiger partial charge in [0.05, 0.1) is 5.92 Å². The van der Waals surface area contributed by atoms with Gasteiger partial charge in [-0.15, -0.1) is 0 Å². The number of likely N-dealkylation sites (tertiary alicyclic amines) is 1. The fourth-order valence-corrected chi connectivity index (χ4v) is 3.32. The minimum Gasteiger partial charge on any atom is -0.483 e. The van der Waals surface area contributed by atoms with E-state index in [9.17, 15) is 9.59 Å². The van der Waals surface area contributed by atoms with Crippen molar-refractivity contribution < 1.29 is 19.4 Å². The molecule has 1 amide bonds. The van der Waals surface area contributed by atoms with Crippen LogP contribution < -0.4 is 4.74 Å². The van der Waals surface area contributed by atoms with Crippen LogP contribution >= 0.6 is 0 Å². The van der Waals surface area contributed by atoms with Gasteiger partial charge in [0.2, 0.25) is 0 Å². The van der Waals surface area contributed by atoms with Crippen molar-refractivity contribution in [2.75, 3.05) is 19.7 Å². The number of hydrogen-bond acceptors (Lipinski definition) is 3. The SMILES string of the molecule is CC(C)(C)c1ccc(OCC(=O)N2CCC(C(=O)O)CC2)c(C(C)(C)C)c1. The second kappa shape index (κ2) is 7.91. The summed E-state index contributed by atoms with van der Waals surface area (Å²) in [5.74, 6) is -0.456. The highest BCUT2D eigenvalue weighted by atomic mass is 16.5. The van der Waals surface area contributed by atoms with Crippen LogP contribution in [0.4, 0.5) is 0 Å². The molecule has 1 fully saturated rings. The van der Waals surface area contributed by atoms with Crippen molar-refractivity contribution in [2.45, 2.75) is 65.2 Å². The third-order valence-corrected chi connectivity index (χ3v) is 5.20. The Hall–Kier alpha value is -2.04. The number of hydrogen-bond donors (Lipinski definition) is 1. The molecule has 1 aliphatic rings. The van der Waals surface area contributed by atoms with E-state index >= 15 is 0 Å². The summed E-state index contributed by atoms with van der Waals surface area (Å²) < 4.78 is 5.91. The summed E-state index contributed by atoms with van der Waals surface area (Å²) in [6.45, 7) is 13.9. The number of amides is 1. The molecular formula is C22H33NO4. The number of carboxylic acids is 1. The minimum atomic E-state index is -0.771. The lowest BCUT2D eigenvalue weighted by molar-refractivity contribution is -0.146. The minimum absolute atomic E-state index is 0.0182. The molecule has 0 saturated carbocycles. The van der Waals surface area contributed by atoms with Crippen molar-refractivity contribution in [3.63, 3.8) is 0 Å². The standard InChI is InChI=1S/C22H33NO4/c1-21(2,3)16-7-8-18(17(13-16)22(4,5)6)27-14-19(24)23-11-9-15(10-12-23)20(25)26/h7-8,13,15H,9-12,14H2,1-6H3,(H,25,26). The summed E-state index contributed by atoms with van der Waals surface area (Å²) >= 11 is 0. The molecule has 1 aromatic rings. The van der Waals surface area contributed by atoms with E-state index in [4.69, 9.17) is 9.84 Å². The Labute approximate surface area is 162 Å². The van der Waals surface area contributed by atoms with Crippen LogP contribution in [-0.2, 0) is 20.4 Å². The highest BCUT2D eigenvalue weighted by molar-refractivity contribution is 5.78. The molecule has 5 heteroatoms. The van der Waals surface area contributed by atoms with Gasteiger partial charge in [-0.25, -0.2) is 0 Å². The van der Waals surface area contributed by atoms with E-state index in [1.165, 1.54) is 5.56 Å². The number of nitrogens with zero attached hydrogens (tertiary/aromatic N) is 1. The van der Waals surface area contributed by atoms with Gasteiger partial charge in [0.15, 0.2) is 6.61 Å². The van der Waals surface area contributed by atoms with Crippen LogP contribution in [0.25, 0.3) is 0 Å². The molecule has 0 radical (unpaired) electrons. The lowest BCUT2D eigenvalue weighted by Crippen LogP contribution is -2.42. The first-order chi connectivity index (χ1) is 12.4. The van der Waals surface area contributed by atoms with Crippen molar-refractivity contribution in [1.82, 2.24) is 4.90 Å². The van der Waals surface area contributed by atoms with Gasteiger partial charge in [-0.2, -0.15) is 0 Å². The summed E-state index contributed by atoms with van der Waals surface area (Å²) in [6, 6.07) is 6.21. The average Bonchev–Trinajstić information content (AvgIpc) is 2.58. The molecule has 1 N–H and O–H groups in total. The Morgan fingerprint density at radius 1 is 1.07 bits per heavy atom. The van der Waals surface area contributed by atoms with Crippen LogP contribution in [0.1, 0.15) is 65.5 Å². The first-order valence-corrected chi connectivity index (χ1v) is 9.68. The number of ether oxygens (including phenoxy) is 1. The molecule has 1 aromatic carbocycles. The first kappa shape index (κ1) is 21.3. The summed E-state index contributed by atoms with van der Waals surface area (Å²) in [6.07, 6.45) is 1.02. The second-order valence-corrected chi connectivity index (χ2v) is 9.49. The number of benzene rings is 1. The van der Waals surface area contributed by atoms with E-state index in [2.05, 4.69) is 53.7 Å². The van der Waals surface area contributed by atoms with Crippen LogP contribution in [0, 0.1) is 5.92 Å². The van der Waals surface area contributed by atoms with Gasteiger partial charge in [-0.3, -0.25) is 9.59 Å². The number of carboxylic acid groups (broad SMARTS) is 1. The lowest BCUT2D eigenvalue weighted by Gasteiger charge is -2.31. The molecule has 2 rings (SSSR count). The number of rotatable bonds is 4. The topological polar surface area (TPSA) is 66.8 Å². The maximum atomic E-state index is 12.5. The molecule has 0 aliphatic carbocycles. The highest BCUT2D eigenvalue weighted by Gasteiger charge is 2.28. The van der Waals surface area contributed by atoms with Crippen LogP contribution in [0.15, 0.2) is 18.2 Å². The Morgan fingerprint density at radius 3 is 2.15 bits per heavy atom. The van der Waals surface area contributed by atoms with Crippen LogP contribution in [-0.4, -0.2) is 41.6 Å². The zero-order chi connectivity index (χ0) is 20.4. The maximum absolute atomic E-state index is 12.5. The zero-order valence-electron chi connectivity index (χ0n) is 17.5. The molecule has 1 saturated heterocycles. The molecule has 5 nitrogen and oxygen atoms in total. The first-order valence-electron chi connectivity index (χ1n) is 9.68. The van der Waals surface area contributed by atoms with E-state index in [-0.39, 0.29) is 29.3 Å². The number of piperidine rings is 1.